The Hall–Kier alpha value is -1.86. The Balaban J connectivity index is 2.90. The van der Waals surface area contributed by atoms with Gasteiger partial charge >= 0.3 is 0 Å². The van der Waals surface area contributed by atoms with Crippen molar-refractivity contribution in [1.29, 1.82) is 0 Å². The van der Waals surface area contributed by atoms with Gasteiger partial charge in [0.1, 0.15) is 5.82 Å². The molecule has 0 aliphatic rings. The van der Waals surface area contributed by atoms with Crippen LogP contribution in [0.4, 0.5) is 4.39 Å². The van der Waals surface area contributed by atoms with Crippen LogP contribution in [0.2, 0.25) is 0 Å². The maximum absolute atomic E-state index is 13.9. The minimum absolute atomic E-state index is 0.109. The van der Waals surface area contributed by atoms with Crippen molar-refractivity contribution >= 4 is 5.91 Å². The van der Waals surface area contributed by atoms with Gasteiger partial charge in [-0.25, -0.2) is 4.39 Å². The van der Waals surface area contributed by atoms with Gasteiger partial charge in [-0.3, -0.25) is 4.79 Å². The monoisotopic (exact) mass is 290 g/mol. The van der Waals surface area contributed by atoms with E-state index in [1.165, 1.54) is 12.1 Å². The average Bonchev–Trinajstić information content (AvgIpc) is 2.43. The first-order chi connectivity index (χ1) is 9.86. The van der Waals surface area contributed by atoms with Crippen LogP contribution in [0, 0.1) is 23.6 Å². The first-order valence-corrected chi connectivity index (χ1v) is 7.12. The number of nitrogens with two attached hydrogens (primary N) is 1. The molecule has 0 aromatic heterocycles. The molecule has 0 saturated heterocycles. The van der Waals surface area contributed by atoms with Crippen molar-refractivity contribution in [2.24, 2.45) is 11.7 Å². The summed E-state index contributed by atoms with van der Waals surface area (Å²) >= 11 is 0. The fraction of sp³-hybridized carbons (Fsp3) is 0.471. The zero-order chi connectivity index (χ0) is 16.0. The third kappa shape index (κ3) is 4.87. The number of halogens is 1. The van der Waals surface area contributed by atoms with Crippen LogP contribution in [0.5, 0.6) is 0 Å². The molecule has 0 bridgehead atoms. The molecule has 0 aliphatic heterocycles. The number of amides is 1. The molecule has 1 aromatic rings. The van der Waals surface area contributed by atoms with Gasteiger partial charge in [0.15, 0.2) is 0 Å². The van der Waals surface area contributed by atoms with E-state index in [0.29, 0.717) is 11.5 Å². The molecule has 0 fully saturated rings. The standard InChI is InChI=1S/C17H23FN2O/c1-12(2)10-13(3)20(4)17(21)15-8-7-14(6-5-9-19)16(18)11-15/h7-8,11-13H,9-10,19H2,1-4H3. The predicted molar refractivity (Wildman–Crippen MR) is 83.3 cm³/mol. The Labute approximate surface area is 126 Å². The second kappa shape index (κ2) is 7.80. The number of benzene rings is 1. The van der Waals surface area contributed by atoms with Gasteiger partial charge in [-0.05, 0) is 37.5 Å². The Kier molecular flexibility index (Phi) is 6.39. The van der Waals surface area contributed by atoms with Crippen molar-refractivity contribution in [2.45, 2.75) is 33.2 Å². The molecule has 1 atom stereocenters. The molecule has 1 rings (SSSR count). The molecule has 0 spiro atoms. The van der Waals surface area contributed by atoms with Crippen LogP contribution in [-0.2, 0) is 0 Å². The summed E-state index contributed by atoms with van der Waals surface area (Å²) in [5, 5.41) is 0. The third-order valence-electron chi connectivity index (χ3n) is 3.34. The Morgan fingerprint density at radius 2 is 2.05 bits per heavy atom. The molecule has 0 heterocycles. The largest absolute Gasteiger partial charge is 0.339 e. The number of nitrogens with zero attached hydrogens (tertiary/aromatic N) is 1. The van der Waals surface area contributed by atoms with E-state index in [1.807, 2.05) is 6.92 Å². The lowest BCUT2D eigenvalue weighted by Gasteiger charge is -2.26. The van der Waals surface area contributed by atoms with Crippen molar-refractivity contribution in [1.82, 2.24) is 4.90 Å². The summed E-state index contributed by atoms with van der Waals surface area (Å²) in [5.41, 5.74) is 5.86. The molecule has 4 heteroatoms. The molecule has 1 aromatic carbocycles. The molecule has 3 nitrogen and oxygen atoms in total. The highest BCUT2D eigenvalue weighted by Crippen LogP contribution is 2.15. The van der Waals surface area contributed by atoms with E-state index in [1.54, 1.807) is 18.0 Å². The SMILES string of the molecule is CC(C)CC(C)N(C)C(=O)c1ccc(C#CCN)c(F)c1. The van der Waals surface area contributed by atoms with Gasteiger partial charge in [0.2, 0.25) is 0 Å². The first-order valence-electron chi connectivity index (χ1n) is 7.12. The summed E-state index contributed by atoms with van der Waals surface area (Å²) in [7, 11) is 1.75. The first kappa shape index (κ1) is 17.2. The Morgan fingerprint density at radius 1 is 1.38 bits per heavy atom. The van der Waals surface area contributed by atoms with Crippen molar-refractivity contribution in [3.05, 3.63) is 35.1 Å². The maximum atomic E-state index is 13.9. The molecule has 0 radical (unpaired) electrons. The molecule has 114 valence electrons. The smallest absolute Gasteiger partial charge is 0.253 e. The predicted octanol–water partition coefficient (Wildman–Crippen LogP) is 2.64. The number of rotatable bonds is 4. The van der Waals surface area contributed by atoms with Gasteiger partial charge in [0, 0.05) is 18.7 Å². The highest BCUT2D eigenvalue weighted by Gasteiger charge is 2.19. The van der Waals surface area contributed by atoms with Crippen molar-refractivity contribution in [3.8, 4) is 11.8 Å². The van der Waals surface area contributed by atoms with Gasteiger partial charge in [-0.1, -0.05) is 25.7 Å². The topological polar surface area (TPSA) is 46.3 Å². The molecule has 0 saturated carbocycles. The van der Waals surface area contributed by atoms with Crippen LogP contribution in [0.3, 0.4) is 0 Å². The number of carbonyl (C=O) groups is 1. The molecule has 2 N–H and O–H groups in total. The molecule has 1 unspecified atom stereocenters. The molecule has 21 heavy (non-hydrogen) atoms. The van der Waals surface area contributed by atoms with Crippen LogP contribution < -0.4 is 5.73 Å². The van der Waals surface area contributed by atoms with Crippen LogP contribution in [-0.4, -0.2) is 30.4 Å². The summed E-state index contributed by atoms with van der Waals surface area (Å²) < 4.78 is 13.9. The summed E-state index contributed by atoms with van der Waals surface area (Å²) in [5.74, 6) is 5.07. The van der Waals surface area contributed by atoms with E-state index in [4.69, 9.17) is 5.73 Å². The van der Waals surface area contributed by atoms with Crippen LogP contribution in [0.25, 0.3) is 0 Å². The summed E-state index contributed by atoms with van der Waals surface area (Å²) in [6.07, 6.45) is 0.908. The van der Waals surface area contributed by atoms with Crippen LogP contribution in [0.15, 0.2) is 18.2 Å². The van der Waals surface area contributed by atoms with Crippen molar-refractivity contribution < 1.29 is 9.18 Å². The Bertz CT molecular complexity index is 558. The lowest BCUT2D eigenvalue weighted by molar-refractivity contribution is 0.0727. The quantitative estimate of drug-likeness (QED) is 0.867. The number of carbonyl (C=O) groups excluding carboxylic acids is 1. The van der Waals surface area contributed by atoms with Crippen molar-refractivity contribution in [3.63, 3.8) is 0 Å². The second-order valence-electron chi connectivity index (χ2n) is 5.60. The normalized spacial score (nSPS) is 11.8. The van der Waals surface area contributed by atoms with Crippen LogP contribution >= 0.6 is 0 Å². The highest BCUT2D eigenvalue weighted by molar-refractivity contribution is 5.94. The molecular weight excluding hydrogens is 267 g/mol. The minimum atomic E-state index is -0.494. The lowest BCUT2D eigenvalue weighted by atomic mass is 10.0. The highest BCUT2D eigenvalue weighted by atomic mass is 19.1. The fourth-order valence-corrected chi connectivity index (χ4v) is 2.14. The van der Waals surface area contributed by atoms with E-state index in [9.17, 15) is 9.18 Å². The van der Waals surface area contributed by atoms with Gasteiger partial charge in [0.05, 0.1) is 12.1 Å². The summed E-state index contributed by atoms with van der Waals surface area (Å²) in [6.45, 7) is 6.39. The van der Waals surface area contributed by atoms with Crippen molar-refractivity contribution in [2.75, 3.05) is 13.6 Å². The zero-order valence-electron chi connectivity index (χ0n) is 13.1. The minimum Gasteiger partial charge on any atom is -0.339 e. The fourth-order valence-electron chi connectivity index (χ4n) is 2.14. The van der Waals surface area contributed by atoms with Crippen LogP contribution in [0.1, 0.15) is 43.1 Å². The molecule has 1 amide bonds. The number of hydrogen-bond acceptors (Lipinski definition) is 2. The van der Waals surface area contributed by atoms with E-state index in [2.05, 4.69) is 25.7 Å². The maximum Gasteiger partial charge on any atom is 0.253 e. The van der Waals surface area contributed by atoms with E-state index in [-0.39, 0.29) is 24.1 Å². The second-order valence-corrected chi connectivity index (χ2v) is 5.60. The molecular formula is C17H23FN2O. The zero-order valence-corrected chi connectivity index (χ0v) is 13.1. The van der Waals surface area contributed by atoms with Gasteiger partial charge in [0.25, 0.3) is 5.91 Å². The van der Waals surface area contributed by atoms with Gasteiger partial charge < -0.3 is 10.6 Å². The van der Waals surface area contributed by atoms with Gasteiger partial charge in [-0.2, -0.15) is 0 Å². The van der Waals surface area contributed by atoms with Gasteiger partial charge in [-0.15, -0.1) is 0 Å². The van der Waals surface area contributed by atoms with E-state index in [0.717, 1.165) is 6.42 Å². The Morgan fingerprint density at radius 3 is 2.57 bits per heavy atom. The molecule has 0 aliphatic carbocycles. The summed E-state index contributed by atoms with van der Waals surface area (Å²) in [6, 6.07) is 4.47. The summed E-state index contributed by atoms with van der Waals surface area (Å²) in [4.78, 5) is 14.0. The average molecular weight is 290 g/mol. The number of hydrogen-bond donors (Lipinski definition) is 1. The van der Waals surface area contributed by atoms with E-state index < -0.39 is 5.82 Å². The lowest BCUT2D eigenvalue weighted by Crippen LogP contribution is -2.35. The third-order valence-corrected chi connectivity index (χ3v) is 3.34. The van der Waals surface area contributed by atoms with E-state index >= 15 is 0 Å².